The monoisotopic (exact) mass is 415 g/mol. The van der Waals surface area contributed by atoms with Crippen LogP contribution in [0.2, 0.25) is 0 Å². The third-order valence-electron chi connectivity index (χ3n) is 4.87. The molecule has 0 unspecified atom stereocenters. The fourth-order valence-electron chi connectivity index (χ4n) is 3.26. The number of carbonyl (C=O) groups excluding carboxylic acids is 1. The fraction of sp³-hybridized carbons (Fsp3) is 0.381. The molecule has 1 saturated heterocycles. The molecule has 0 aliphatic carbocycles. The van der Waals surface area contributed by atoms with Gasteiger partial charge in [0.15, 0.2) is 11.8 Å². The van der Waals surface area contributed by atoms with Crippen molar-refractivity contribution in [1.29, 1.82) is 0 Å². The van der Waals surface area contributed by atoms with E-state index in [-0.39, 0.29) is 18.3 Å². The number of rotatable bonds is 6. The van der Waals surface area contributed by atoms with Crippen molar-refractivity contribution < 1.29 is 18.7 Å². The molecule has 3 rings (SSSR count). The van der Waals surface area contributed by atoms with Gasteiger partial charge >= 0.3 is 6.09 Å². The van der Waals surface area contributed by atoms with Gasteiger partial charge in [-0.2, -0.15) is 0 Å². The first-order valence-electron chi connectivity index (χ1n) is 9.74. The molecule has 1 amide bonds. The topological polar surface area (TPSA) is 116 Å². The van der Waals surface area contributed by atoms with Crippen molar-refractivity contribution in [3.05, 3.63) is 59.2 Å². The highest BCUT2D eigenvalue weighted by atomic mass is 19.1. The molecule has 8 nitrogen and oxygen atoms in total. The Morgan fingerprint density at radius 1 is 1.23 bits per heavy atom. The number of nitrogens with two attached hydrogens (primary N) is 2. The van der Waals surface area contributed by atoms with Crippen LogP contribution in [0.3, 0.4) is 0 Å². The Balaban J connectivity index is 1.53. The first-order valence-corrected chi connectivity index (χ1v) is 9.74. The van der Waals surface area contributed by atoms with Crippen molar-refractivity contribution >= 4 is 17.7 Å². The predicted octanol–water partition coefficient (Wildman–Crippen LogP) is 2.62. The zero-order valence-corrected chi connectivity index (χ0v) is 16.9. The zero-order chi connectivity index (χ0) is 21.5. The number of piperidine rings is 1. The summed E-state index contributed by atoms with van der Waals surface area (Å²) in [7, 11) is 0. The van der Waals surface area contributed by atoms with E-state index >= 15 is 0 Å². The molecule has 1 aromatic heterocycles. The van der Waals surface area contributed by atoms with Crippen LogP contribution >= 0.6 is 0 Å². The van der Waals surface area contributed by atoms with E-state index in [1.807, 2.05) is 30.2 Å². The highest BCUT2D eigenvalue weighted by molar-refractivity contribution is 5.87. The Hall–Kier alpha value is -3.20. The molecule has 30 heavy (non-hydrogen) atoms. The number of aryl methyl sites for hydroxylation is 1. The summed E-state index contributed by atoms with van der Waals surface area (Å²) in [6, 6.07) is 8.99. The Morgan fingerprint density at radius 3 is 2.67 bits per heavy atom. The van der Waals surface area contributed by atoms with E-state index in [1.54, 1.807) is 18.2 Å². The molecule has 0 atom stereocenters. The van der Waals surface area contributed by atoms with Crippen LogP contribution in [0.1, 0.15) is 29.7 Å². The van der Waals surface area contributed by atoms with Crippen LogP contribution in [0.15, 0.2) is 41.5 Å². The Labute approximate surface area is 174 Å². The van der Waals surface area contributed by atoms with Crippen LogP contribution in [0.5, 0.6) is 0 Å². The SMILES string of the molecule is Cc1ccc(COC2CCN(c3cccc(COC(=O)N=C(N)N)c3F)CC2)cn1. The van der Waals surface area contributed by atoms with Gasteiger partial charge in [0.05, 0.1) is 18.4 Å². The van der Waals surface area contributed by atoms with Gasteiger partial charge in [0.25, 0.3) is 0 Å². The normalized spacial score (nSPS) is 14.4. The number of pyridine rings is 1. The Kier molecular flexibility index (Phi) is 7.18. The van der Waals surface area contributed by atoms with Crippen molar-refractivity contribution in [1.82, 2.24) is 4.98 Å². The lowest BCUT2D eigenvalue weighted by molar-refractivity contribution is 0.0249. The van der Waals surface area contributed by atoms with Gasteiger partial charge in [-0.25, -0.2) is 9.18 Å². The summed E-state index contributed by atoms with van der Waals surface area (Å²) < 4.78 is 25.8. The van der Waals surface area contributed by atoms with E-state index in [9.17, 15) is 9.18 Å². The number of benzene rings is 1. The molecule has 0 bridgehead atoms. The van der Waals surface area contributed by atoms with Crippen LogP contribution in [0.25, 0.3) is 0 Å². The number of ether oxygens (including phenoxy) is 2. The number of carbonyl (C=O) groups is 1. The summed E-state index contributed by atoms with van der Waals surface area (Å²) in [5.41, 5.74) is 13.0. The molecule has 160 valence electrons. The molecular formula is C21H26FN5O3. The van der Waals surface area contributed by atoms with Crippen molar-refractivity contribution in [3.63, 3.8) is 0 Å². The lowest BCUT2D eigenvalue weighted by Crippen LogP contribution is -2.37. The molecular weight excluding hydrogens is 389 g/mol. The molecule has 0 saturated carbocycles. The lowest BCUT2D eigenvalue weighted by atomic mass is 10.1. The molecule has 1 fully saturated rings. The highest BCUT2D eigenvalue weighted by Crippen LogP contribution is 2.27. The molecule has 2 aromatic rings. The number of hydrogen-bond acceptors (Lipinski definition) is 5. The smallest absolute Gasteiger partial charge is 0.437 e. The van der Waals surface area contributed by atoms with E-state index in [2.05, 4.69) is 9.98 Å². The van der Waals surface area contributed by atoms with Crippen LogP contribution in [-0.4, -0.2) is 36.2 Å². The highest BCUT2D eigenvalue weighted by Gasteiger charge is 2.23. The minimum atomic E-state index is -0.957. The fourth-order valence-corrected chi connectivity index (χ4v) is 3.26. The average Bonchev–Trinajstić information content (AvgIpc) is 2.73. The summed E-state index contributed by atoms with van der Waals surface area (Å²) in [6.07, 6.45) is 2.58. The van der Waals surface area contributed by atoms with Crippen molar-refractivity contribution in [2.75, 3.05) is 18.0 Å². The van der Waals surface area contributed by atoms with Gasteiger partial charge in [0.2, 0.25) is 0 Å². The van der Waals surface area contributed by atoms with Crippen molar-refractivity contribution in [2.24, 2.45) is 16.5 Å². The van der Waals surface area contributed by atoms with Gasteiger partial charge in [-0.15, -0.1) is 4.99 Å². The summed E-state index contributed by atoms with van der Waals surface area (Å²) in [5, 5.41) is 0. The second kappa shape index (κ2) is 10.0. The number of aliphatic imine (C=N–C) groups is 1. The number of guanidine groups is 1. The summed E-state index contributed by atoms with van der Waals surface area (Å²) in [5.74, 6) is -0.821. The minimum absolute atomic E-state index is 0.120. The van der Waals surface area contributed by atoms with Crippen molar-refractivity contribution in [3.8, 4) is 0 Å². The third-order valence-corrected chi connectivity index (χ3v) is 4.87. The molecule has 1 aliphatic rings. The molecule has 9 heteroatoms. The summed E-state index contributed by atoms with van der Waals surface area (Å²) in [4.78, 5) is 20.9. The second-order valence-corrected chi connectivity index (χ2v) is 7.15. The third kappa shape index (κ3) is 5.90. The number of nitrogens with zero attached hydrogens (tertiary/aromatic N) is 3. The van der Waals surface area contributed by atoms with Gasteiger partial charge in [0, 0.05) is 30.5 Å². The number of amides is 1. The van der Waals surface area contributed by atoms with E-state index < -0.39 is 17.9 Å². The van der Waals surface area contributed by atoms with Gasteiger partial charge in [-0.1, -0.05) is 18.2 Å². The Morgan fingerprint density at radius 2 is 2.00 bits per heavy atom. The first kappa shape index (κ1) is 21.5. The maximum atomic E-state index is 14.9. The van der Waals surface area contributed by atoms with Gasteiger partial charge in [-0.3, -0.25) is 4.98 Å². The molecule has 4 N–H and O–H groups in total. The quantitative estimate of drug-likeness (QED) is 0.550. The van der Waals surface area contributed by atoms with Gasteiger partial charge < -0.3 is 25.8 Å². The van der Waals surface area contributed by atoms with Crippen LogP contribution in [0, 0.1) is 12.7 Å². The van der Waals surface area contributed by atoms with E-state index in [4.69, 9.17) is 20.9 Å². The number of hydrogen-bond donors (Lipinski definition) is 2. The van der Waals surface area contributed by atoms with Crippen LogP contribution in [0.4, 0.5) is 14.9 Å². The Bertz CT molecular complexity index is 892. The van der Waals surface area contributed by atoms with Crippen LogP contribution in [-0.2, 0) is 22.7 Å². The van der Waals surface area contributed by atoms with E-state index in [1.165, 1.54) is 0 Å². The van der Waals surface area contributed by atoms with Gasteiger partial charge in [-0.05, 0) is 37.5 Å². The number of anilines is 1. The molecule has 2 heterocycles. The van der Waals surface area contributed by atoms with E-state index in [0.29, 0.717) is 25.4 Å². The summed E-state index contributed by atoms with van der Waals surface area (Å²) in [6.45, 7) is 3.56. The average molecular weight is 415 g/mol. The standard InChI is InChI=1S/C21H26FN5O3/c1-14-5-6-15(11-25-14)12-29-17-7-9-27(10-8-17)18-4-2-3-16(19(18)22)13-30-21(28)26-20(23)24/h2-6,11,17H,7-10,12-13H2,1H3,(H4,23,24,26,28). The summed E-state index contributed by atoms with van der Waals surface area (Å²) >= 11 is 0. The minimum Gasteiger partial charge on any atom is -0.443 e. The van der Waals surface area contributed by atoms with Crippen molar-refractivity contribution in [2.45, 2.75) is 39.1 Å². The molecule has 1 aliphatic heterocycles. The number of halogens is 1. The zero-order valence-electron chi connectivity index (χ0n) is 16.9. The molecule has 0 spiro atoms. The molecule has 0 radical (unpaired) electrons. The first-order chi connectivity index (χ1) is 14.4. The maximum absolute atomic E-state index is 14.9. The van der Waals surface area contributed by atoms with Crippen LogP contribution < -0.4 is 16.4 Å². The van der Waals surface area contributed by atoms with Gasteiger partial charge in [0.1, 0.15) is 6.61 Å². The number of aromatic nitrogens is 1. The van der Waals surface area contributed by atoms with E-state index in [0.717, 1.165) is 24.1 Å². The maximum Gasteiger partial charge on any atom is 0.437 e. The predicted molar refractivity (Wildman–Crippen MR) is 111 cm³/mol. The largest absolute Gasteiger partial charge is 0.443 e. The lowest BCUT2D eigenvalue weighted by Gasteiger charge is -2.34. The second-order valence-electron chi connectivity index (χ2n) is 7.15. The molecule has 1 aromatic carbocycles.